The van der Waals surface area contributed by atoms with E-state index in [1.807, 2.05) is 0 Å². The van der Waals surface area contributed by atoms with E-state index in [0.717, 1.165) is 0 Å². The molecule has 0 amide bonds. The van der Waals surface area contributed by atoms with Gasteiger partial charge in [0.25, 0.3) is 0 Å². The van der Waals surface area contributed by atoms with Crippen molar-refractivity contribution in [1.82, 2.24) is 0 Å². The highest BCUT2D eigenvalue weighted by Crippen LogP contribution is 2.26. The van der Waals surface area contributed by atoms with Gasteiger partial charge in [-0.2, -0.15) is 26.3 Å². The second-order valence-electron chi connectivity index (χ2n) is 2.85. The molecular weight excluding hydrogens is 284 g/mol. The highest BCUT2D eigenvalue weighted by molar-refractivity contribution is 5.60. The maximum Gasteiger partial charge on any atom is 0.509 e. The molecule has 0 heterocycles. The van der Waals surface area contributed by atoms with Crippen LogP contribution in [0.15, 0.2) is 0 Å². The zero-order chi connectivity index (χ0) is 14.6. The molecule has 0 fully saturated rings. The maximum atomic E-state index is 11.9. The van der Waals surface area contributed by atoms with E-state index in [0.29, 0.717) is 0 Å². The van der Waals surface area contributed by atoms with E-state index in [-0.39, 0.29) is 0 Å². The van der Waals surface area contributed by atoms with Crippen LogP contribution in [-0.4, -0.2) is 44.1 Å². The number of halogens is 8. The van der Waals surface area contributed by atoms with Crippen LogP contribution in [0.1, 0.15) is 0 Å². The molecule has 0 aromatic carbocycles. The summed E-state index contributed by atoms with van der Waals surface area (Å²) in [4.78, 5) is 10.5. The summed E-state index contributed by atoms with van der Waals surface area (Å²) in [5, 5.41) is 0. The molecule has 0 aromatic heterocycles. The Hall–Kier alpha value is -1.29. The summed E-state index contributed by atoms with van der Waals surface area (Å²) >= 11 is 0. The molecule has 0 saturated heterocycles. The molecule has 0 aliphatic carbocycles. The van der Waals surface area contributed by atoms with Gasteiger partial charge in [-0.25, -0.2) is 13.6 Å². The van der Waals surface area contributed by atoms with Gasteiger partial charge in [-0.3, -0.25) is 0 Å². The Bertz CT molecular complexity index is 247. The second kappa shape index (κ2) is 6.05. The molecule has 18 heavy (non-hydrogen) atoms. The van der Waals surface area contributed by atoms with Crippen molar-refractivity contribution in [3.05, 3.63) is 0 Å². The van der Waals surface area contributed by atoms with E-state index in [1.54, 1.807) is 0 Å². The second-order valence-corrected chi connectivity index (χ2v) is 2.85. The molecule has 3 nitrogen and oxygen atoms in total. The van der Waals surface area contributed by atoms with Crippen LogP contribution in [0.5, 0.6) is 0 Å². The minimum Gasteiger partial charge on any atom is -0.418 e. The Morgan fingerprint density at radius 1 is 0.833 bits per heavy atom. The predicted molar refractivity (Wildman–Crippen MR) is 39.2 cm³/mol. The molecule has 0 aromatic rings. The molecular formula is C7H6F8O3. The molecule has 0 aliphatic heterocycles. The Labute approximate surface area is 94.6 Å². The number of carbonyl (C=O) groups is 1. The summed E-state index contributed by atoms with van der Waals surface area (Å²) in [6, 6.07) is 0. The van der Waals surface area contributed by atoms with Gasteiger partial charge in [0, 0.05) is 0 Å². The molecule has 0 N–H and O–H groups in total. The number of carbonyl (C=O) groups excluding carboxylic acids is 1. The summed E-state index contributed by atoms with van der Waals surface area (Å²) in [6.45, 7) is -4.41. The normalized spacial score (nSPS) is 16.0. The van der Waals surface area contributed by atoms with Gasteiger partial charge in [-0.15, -0.1) is 0 Å². The fourth-order valence-electron chi connectivity index (χ4n) is 0.632. The third-order valence-electron chi connectivity index (χ3n) is 1.49. The van der Waals surface area contributed by atoms with Crippen LogP contribution in [0.2, 0.25) is 0 Å². The summed E-state index contributed by atoms with van der Waals surface area (Å²) in [6.07, 6.45) is -19.6. The largest absolute Gasteiger partial charge is 0.509 e. The van der Waals surface area contributed by atoms with Gasteiger partial charge < -0.3 is 9.47 Å². The molecule has 0 radical (unpaired) electrons. The van der Waals surface area contributed by atoms with Crippen LogP contribution in [-0.2, 0) is 9.47 Å². The third kappa shape index (κ3) is 5.36. The predicted octanol–water partition coefficient (Wildman–Crippen LogP) is 2.94. The van der Waals surface area contributed by atoms with Crippen molar-refractivity contribution in [1.29, 1.82) is 0 Å². The standard InChI is InChI=1S/C7H6F8O3/c8-1-3(6(10,11)12)17-5(16)18-4(2-9)7(13,14)15/h3-4H,1-2H2. The van der Waals surface area contributed by atoms with Gasteiger partial charge in [0.15, 0.2) is 0 Å². The Morgan fingerprint density at radius 3 is 1.28 bits per heavy atom. The van der Waals surface area contributed by atoms with Crippen molar-refractivity contribution in [3.63, 3.8) is 0 Å². The van der Waals surface area contributed by atoms with E-state index in [1.165, 1.54) is 0 Å². The van der Waals surface area contributed by atoms with Crippen molar-refractivity contribution >= 4 is 6.16 Å². The van der Waals surface area contributed by atoms with Gasteiger partial charge >= 0.3 is 18.5 Å². The van der Waals surface area contributed by atoms with Crippen molar-refractivity contribution in [2.45, 2.75) is 24.6 Å². The average Bonchev–Trinajstić information content (AvgIpc) is 2.19. The topological polar surface area (TPSA) is 35.5 Å². The summed E-state index contributed by atoms with van der Waals surface area (Å²) in [5.74, 6) is 0. The zero-order valence-electron chi connectivity index (χ0n) is 8.32. The lowest BCUT2D eigenvalue weighted by atomic mass is 10.4. The average molecular weight is 290 g/mol. The summed E-state index contributed by atoms with van der Waals surface area (Å²) in [7, 11) is 0. The monoisotopic (exact) mass is 290 g/mol. The first-order chi connectivity index (χ1) is 8.02. The van der Waals surface area contributed by atoms with Gasteiger partial charge in [-0.1, -0.05) is 0 Å². The lowest BCUT2D eigenvalue weighted by molar-refractivity contribution is -0.233. The Balaban J connectivity index is 4.50. The highest BCUT2D eigenvalue weighted by Gasteiger charge is 2.46. The van der Waals surface area contributed by atoms with E-state index in [4.69, 9.17) is 0 Å². The SMILES string of the molecule is O=C(OC(CF)C(F)(F)F)OC(CF)C(F)(F)F. The van der Waals surface area contributed by atoms with Gasteiger partial charge in [0.2, 0.25) is 12.2 Å². The van der Waals surface area contributed by atoms with Crippen LogP contribution in [0.4, 0.5) is 39.9 Å². The minimum atomic E-state index is -5.31. The van der Waals surface area contributed by atoms with E-state index >= 15 is 0 Å². The first kappa shape index (κ1) is 16.7. The molecule has 2 atom stereocenters. The molecule has 0 spiro atoms. The van der Waals surface area contributed by atoms with Crippen molar-refractivity contribution in [2.75, 3.05) is 13.3 Å². The maximum absolute atomic E-state index is 11.9. The zero-order valence-corrected chi connectivity index (χ0v) is 8.32. The molecule has 0 aliphatic rings. The molecule has 108 valence electrons. The summed E-state index contributed by atoms with van der Waals surface area (Å²) < 4.78 is 101. The molecule has 0 rings (SSSR count). The van der Waals surface area contributed by atoms with Gasteiger partial charge in [0.1, 0.15) is 13.3 Å². The van der Waals surface area contributed by atoms with Crippen LogP contribution in [0, 0.1) is 0 Å². The fourth-order valence-corrected chi connectivity index (χ4v) is 0.632. The van der Waals surface area contributed by atoms with E-state index in [2.05, 4.69) is 9.47 Å². The third-order valence-corrected chi connectivity index (χ3v) is 1.49. The van der Waals surface area contributed by atoms with Crippen LogP contribution < -0.4 is 0 Å². The molecule has 0 bridgehead atoms. The Morgan fingerprint density at radius 2 is 1.11 bits per heavy atom. The van der Waals surface area contributed by atoms with Crippen molar-refractivity contribution < 1.29 is 49.4 Å². The number of ether oxygens (including phenoxy) is 2. The fraction of sp³-hybridized carbons (Fsp3) is 0.857. The highest BCUT2D eigenvalue weighted by atomic mass is 19.4. The van der Waals surface area contributed by atoms with Gasteiger partial charge in [0.05, 0.1) is 0 Å². The van der Waals surface area contributed by atoms with E-state index in [9.17, 15) is 39.9 Å². The number of hydrogen-bond acceptors (Lipinski definition) is 3. The Kier molecular flexibility index (Phi) is 5.61. The molecule has 0 saturated carbocycles. The van der Waals surface area contributed by atoms with E-state index < -0.39 is 44.1 Å². The number of hydrogen-bond donors (Lipinski definition) is 0. The van der Waals surface area contributed by atoms with Crippen molar-refractivity contribution in [3.8, 4) is 0 Å². The van der Waals surface area contributed by atoms with Crippen molar-refractivity contribution in [2.24, 2.45) is 0 Å². The van der Waals surface area contributed by atoms with Gasteiger partial charge in [-0.05, 0) is 0 Å². The smallest absolute Gasteiger partial charge is 0.418 e. The van der Waals surface area contributed by atoms with Crippen LogP contribution in [0.3, 0.4) is 0 Å². The first-order valence-electron chi connectivity index (χ1n) is 4.15. The quantitative estimate of drug-likeness (QED) is 0.590. The molecule has 2 unspecified atom stereocenters. The van der Waals surface area contributed by atoms with Crippen LogP contribution >= 0.6 is 0 Å². The van der Waals surface area contributed by atoms with Crippen LogP contribution in [0.25, 0.3) is 0 Å². The number of alkyl halides is 8. The number of rotatable bonds is 4. The lowest BCUT2D eigenvalue weighted by Crippen LogP contribution is -2.40. The summed E-state index contributed by atoms with van der Waals surface area (Å²) in [5.41, 5.74) is 0. The molecule has 11 heteroatoms. The first-order valence-corrected chi connectivity index (χ1v) is 4.15. The lowest BCUT2D eigenvalue weighted by Gasteiger charge is -2.20. The minimum absolute atomic E-state index is 2.20.